The SMILES string of the molecule is CC(C)c1ccc(S(=O)(=O)N[C@@H](CNC(=O)c2ccc(CCC(=O)NC3=NCCCN3)s2)C(=O)O)cc1. The lowest BCUT2D eigenvalue weighted by Gasteiger charge is -2.16. The third-order valence-electron chi connectivity index (χ3n) is 5.56. The van der Waals surface area contributed by atoms with Gasteiger partial charge in [-0.05, 0) is 48.6 Å². The van der Waals surface area contributed by atoms with E-state index in [1.54, 1.807) is 24.3 Å². The van der Waals surface area contributed by atoms with Crippen molar-refractivity contribution in [2.45, 2.75) is 50.0 Å². The quantitative estimate of drug-likeness (QED) is 0.283. The second kappa shape index (κ2) is 12.8. The van der Waals surface area contributed by atoms with Gasteiger partial charge in [0, 0.05) is 30.9 Å². The number of aliphatic carboxylic acids is 1. The zero-order chi connectivity index (χ0) is 27.0. The largest absolute Gasteiger partial charge is 0.480 e. The number of sulfonamides is 1. The molecule has 0 saturated heterocycles. The topological polar surface area (TPSA) is 166 Å². The first kappa shape index (κ1) is 28.3. The van der Waals surface area contributed by atoms with Crippen molar-refractivity contribution in [3.63, 3.8) is 0 Å². The van der Waals surface area contributed by atoms with Crippen LogP contribution in [0.25, 0.3) is 0 Å². The first-order valence-electron chi connectivity index (χ1n) is 11.9. The van der Waals surface area contributed by atoms with E-state index in [9.17, 15) is 27.9 Å². The zero-order valence-corrected chi connectivity index (χ0v) is 22.2. The fraction of sp³-hybridized carbons (Fsp3) is 0.417. The molecular weight excluding hydrogens is 518 g/mol. The lowest BCUT2D eigenvalue weighted by Crippen LogP contribution is -2.48. The molecule has 2 aromatic rings. The molecule has 0 aliphatic carbocycles. The lowest BCUT2D eigenvalue weighted by molar-refractivity contribution is -0.138. The Morgan fingerprint density at radius 3 is 2.49 bits per heavy atom. The van der Waals surface area contributed by atoms with Crippen LogP contribution in [0.15, 0.2) is 46.3 Å². The number of carbonyl (C=O) groups excluding carboxylic acids is 2. The summed E-state index contributed by atoms with van der Waals surface area (Å²) in [4.78, 5) is 41.6. The van der Waals surface area contributed by atoms with E-state index in [4.69, 9.17) is 0 Å². The monoisotopic (exact) mass is 549 g/mol. The number of hydrogen-bond donors (Lipinski definition) is 5. The van der Waals surface area contributed by atoms with Crippen molar-refractivity contribution in [3.8, 4) is 0 Å². The molecular formula is C24H31N5O6S2. The highest BCUT2D eigenvalue weighted by Gasteiger charge is 2.26. The van der Waals surface area contributed by atoms with Crippen LogP contribution < -0.4 is 20.7 Å². The normalized spacial score (nSPS) is 14.4. The molecule has 0 fully saturated rings. The van der Waals surface area contributed by atoms with Crippen molar-refractivity contribution in [1.82, 2.24) is 20.7 Å². The molecule has 2 heterocycles. The summed E-state index contributed by atoms with van der Waals surface area (Å²) < 4.78 is 27.5. The molecule has 0 radical (unpaired) electrons. The molecule has 11 nitrogen and oxygen atoms in total. The van der Waals surface area contributed by atoms with E-state index in [0.29, 0.717) is 23.8 Å². The number of carbonyl (C=O) groups is 3. The van der Waals surface area contributed by atoms with Crippen molar-refractivity contribution in [1.29, 1.82) is 0 Å². The molecule has 0 spiro atoms. The van der Waals surface area contributed by atoms with Gasteiger partial charge < -0.3 is 15.7 Å². The van der Waals surface area contributed by atoms with Gasteiger partial charge in [0.05, 0.1) is 9.77 Å². The molecule has 3 rings (SSSR count). The van der Waals surface area contributed by atoms with Gasteiger partial charge in [-0.2, -0.15) is 4.72 Å². The number of aryl methyl sites for hydroxylation is 1. The molecule has 1 aromatic heterocycles. The summed E-state index contributed by atoms with van der Waals surface area (Å²) in [5.41, 5.74) is 0.951. The number of carboxylic acid groups (broad SMARTS) is 1. The first-order chi connectivity index (χ1) is 17.5. The van der Waals surface area contributed by atoms with Gasteiger partial charge in [0.2, 0.25) is 15.9 Å². The molecule has 5 N–H and O–H groups in total. The van der Waals surface area contributed by atoms with Crippen molar-refractivity contribution >= 4 is 45.1 Å². The number of guanidine groups is 1. The Labute approximate surface area is 219 Å². The number of hydrogen-bond acceptors (Lipinski definition) is 8. The van der Waals surface area contributed by atoms with E-state index < -0.39 is 34.5 Å². The number of amides is 2. The van der Waals surface area contributed by atoms with E-state index in [-0.39, 0.29) is 23.1 Å². The molecule has 37 heavy (non-hydrogen) atoms. The number of nitrogens with one attached hydrogen (secondary N) is 4. The fourth-order valence-electron chi connectivity index (χ4n) is 3.43. The van der Waals surface area contributed by atoms with Gasteiger partial charge in [0.25, 0.3) is 5.91 Å². The van der Waals surface area contributed by atoms with E-state index >= 15 is 0 Å². The van der Waals surface area contributed by atoms with Gasteiger partial charge in [-0.3, -0.25) is 24.7 Å². The molecule has 1 aromatic carbocycles. The number of carboxylic acids is 1. The van der Waals surface area contributed by atoms with Gasteiger partial charge in [-0.25, -0.2) is 8.42 Å². The van der Waals surface area contributed by atoms with Crippen LogP contribution in [0.2, 0.25) is 0 Å². The molecule has 200 valence electrons. The third kappa shape index (κ3) is 8.37. The summed E-state index contributed by atoms with van der Waals surface area (Å²) in [6.45, 7) is 4.94. The minimum Gasteiger partial charge on any atom is -0.480 e. The standard InChI is InChI=1S/C24H31N5O6S2/c1-15(2)16-4-8-18(9-5-16)37(34,35)29-19(23(32)33)14-27-22(31)20-10-6-17(36-20)7-11-21(30)28-24-25-12-3-13-26-24/h4-6,8-10,15,19,29H,3,7,11-14H2,1-2H3,(H,27,31)(H,32,33)(H2,25,26,28,30)/t19-/m0/s1. The number of benzene rings is 1. The molecule has 1 aliphatic rings. The molecule has 0 unspecified atom stereocenters. The summed E-state index contributed by atoms with van der Waals surface area (Å²) in [7, 11) is -4.11. The number of rotatable bonds is 11. The third-order valence-corrected chi connectivity index (χ3v) is 8.19. The summed E-state index contributed by atoms with van der Waals surface area (Å²) in [5, 5.41) is 17.7. The Hall–Kier alpha value is -3.29. The van der Waals surface area contributed by atoms with E-state index in [2.05, 4.69) is 25.7 Å². The average Bonchev–Trinajstić information content (AvgIpc) is 3.35. The van der Waals surface area contributed by atoms with E-state index in [0.717, 1.165) is 23.4 Å². The second-order valence-corrected chi connectivity index (χ2v) is 11.7. The van der Waals surface area contributed by atoms with Crippen molar-refractivity contribution in [3.05, 3.63) is 51.7 Å². The maximum absolute atomic E-state index is 12.7. The highest BCUT2D eigenvalue weighted by atomic mass is 32.2. The van der Waals surface area contributed by atoms with Crippen molar-refractivity contribution in [2.24, 2.45) is 4.99 Å². The first-order valence-corrected chi connectivity index (χ1v) is 14.2. The summed E-state index contributed by atoms with van der Waals surface area (Å²) in [6, 6.07) is 7.94. The smallest absolute Gasteiger partial charge is 0.323 e. The van der Waals surface area contributed by atoms with Crippen LogP contribution in [-0.2, 0) is 26.0 Å². The minimum absolute atomic E-state index is 0.0623. The van der Waals surface area contributed by atoms with Crippen LogP contribution in [-0.4, -0.2) is 62.9 Å². The molecule has 13 heteroatoms. The number of aliphatic imine (C=N–C) groups is 1. The predicted molar refractivity (Wildman–Crippen MR) is 140 cm³/mol. The van der Waals surface area contributed by atoms with Gasteiger partial charge in [-0.15, -0.1) is 11.3 Å². The van der Waals surface area contributed by atoms with Crippen LogP contribution in [0, 0.1) is 0 Å². The van der Waals surface area contributed by atoms with E-state index in [1.807, 2.05) is 13.8 Å². The number of nitrogens with zero attached hydrogens (tertiary/aromatic N) is 1. The average molecular weight is 550 g/mol. The Kier molecular flexibility index (Phi) is 9.78. The number of thiophene rings is 1. The molecule has 2 amide bonds. The maximum atomic E-state index is 12.7. The van der Waals surface area contributed by atoms with Crippen LogP contribution in [0.3, 0.4) is 0 Å². The van der Waals surface area contributed by atoms with Gasteiger partial charge in [-0.1, -0.05) is 26.0 Å². The second-order valence-electron chi connectivity index (χ2n) is 8.77. The summed E-state index contributed by atoms with van der Waals surface area (Å²) in [5.74, 6) is -1.46. The van der Waals surface area contributed by atoms with Crippen LogP contribution in [0.1, 0.15) is 52.7 Å². The molecule has 0 bridgehead atoms. The van der Waals surface area contributed by atoms with Crippen LogP contribution in [0.4, 0.5) is 0 Å². The fourth-order valence-corrected chi connectivity index (χ4v) is 5.54. The Balaban J connectivity index is 1.52. The highest BCUT2D eigenvalue weighted by Crippen LogP contribution is 2.19. The lowest BCUT2D eigenvalue weighted by atomic mass is 10.0. The molecule has 1 aliphatic heterocycles. The Bertz CT molecular complexity index is 1250. The van der Waals surface area contributed by atoms with Gasteiger partial charge in [0.1, 0.15) is 6.04 Å². The maximum Gasteiger partial charge on any atom is 0.323 e. The summed E-state index contributed by atoms with van der Waals surface area (Å²) >= 11 is 1.18. The molecule has 0 saturated carbocycles. The van der Waals surface area contributed by atoms with Crippen molar-refractivity contribution in [2.75, 3.05) is 19.6 Å². The van der Waals surface area contributed by atoms with Crippen molar-refractivity contribution < 1.29 is 27.9 Å². The van der Waals surface area contributed by atoms with Crippen LogP contribution >= 0.6 is 11.3 Å². The highest BCUT2D eigenvalue weighted by molar-refractivity contribution is 7.89. The zero-order valence-electron chi connectivity index (χ0n) is 20.6. The Morgan fingerprint density at radius 2 is 1.86 bits per heavy atom. The molecule has 1 atom stereocenters. The van der Waals surface area contributed by atoms with Gasteiger partial charge in [0.15, 0.2) is 5.96 Å². The predicted octanol–water partition coefficient (Wildman–Crippen LogP) is 1.43. The summed E-state index contributed by atoms with van der Waals surface area (Å²) in [6.07, 6.45) is 1.55. The minimum atomic E-state index is -4.11. The van der Waals surface area contributed by atoms with E-state index in [1.165, 1.54) is 23.5 Å². The Morgan fingerprint density at radius 1 is 1.14 bits per heavy atom. The van der Waals surface area contributed by atoms with Gasteiger partial charge >= 0.3 is 5.97 Å². The van der Waals surface area contributed by atoms with Crippen LogP contribution in [0.5, 0.6) is 0 Å².